The van der Waals surface area contributed by atoms with Crippen LogP contribution in [-0.4, -0.2) is 17.0 Å². The van der Waals surface area contributed by atoms with Crippen LogP contribution in [0.5, 0.6) is 0 Å². The summed E-state index contributed by atoms with van der Waals surface area (Å²) in [7, 11) is 1.70. The topological polar surface area (TPSA) is 49.8 Å². The van der Waals surface area contributed by atoms with Crippen LogP contribution >= 0.6 is 0 Å². The number of aromatic nitrogens is 2. The van der Waals surface area contributed by atoms with E-state index < -0.39 is 5.82 Å². The first-order chi connectivity index (χ1) is 10.3. The first-order valence-corrected chi connectivity index (χ1v) is 6.69. The summed E-state index contributed by atoms with van der Waals surface area (Å²) >= 11 is 0. The molecule has 21 heavy (non-hydrogen) atoms. The Morgan fingerprint density at radius 3 is 2.76 bits per heavy atom. The monoisotopic (exact) mass is 282 g/mol. The predicted molar refractivity (Wildman–Crippen MR) is 82.8 cm³/mol. The molecule has 2 aromatic carbocycles. The van der Waals surface area contributed by atoms with Gasteiger partial charge in [-0.25, -0.2) is 9.37 Å². The Bertz CT molecular complexity index is 768. The van der Waals surface area contributed by atoms with E-state index >= 15 is 0 Å². The third-order valence-electron chi connectivity index (χ3n) is 3.29. The highest BCUT2D eigenvalue weighted by Crippen LogP contribution is 2.20. The van der Waals surface area contributed by atoms with Gasteiger partial charge < -0.3 is 10.6 Å². The van der Waals surface area contributed by atoms with E-state index in [9.17, 15) is 4.39 Å². The molecule has 0 aliphatic heterocycles. The molecule has 0 amide bonds. The highest BCUT2D eigenvalue weighted by molar-refractivity contribution is 5.85. The summed E-state index contributed by atoms with van der Waals surface area (Å²) in [6, 6.07) is 14.2. The minimum atomic E-state index is -0.464. The van der Waals surface area contributed by atoms with E-state index in [2.05, 4.69) is 38.8 Å². The second-order valence-electron chi connectivity index (χ2n) is 4.63. The largest absolute Gasteiger partial charge is 0.363 e. The van der Waals surface area contributed by atoms with E-state index in [0.717, 1.165) is 22.5 Å². The molecule has 0 fully saturated rings. The van der Waals surface area contributed by atoms with Crippen molar-refractivity contribution in [3.63, 3.8) is 0 Å². The van der Waals surface area contributed by atoms with E-state index in [4.69, 9.17) is 0 Å². The Balaban J connectivity index is 1.87. The summed E-state index contributed by atoms with van der Waals surface area (Å²) in [6.45, 7) is 0.498. The molecule has 3 rings (SSSR count). The molecular formula is C16H15FN4. The van der Waals surface area contributed by atoms with Gasteiger partial charge in [-0.15, -0.1) is 0 Å². The van der Waals surface area contributed by atoms with Crippen molar-refractivity contribution >= 4 is 22.5 Å². The molecule has 0 radical (unpaired) electrons. The smallest absolute Gasteiger partial charge is 0.224 e. The van der Waals surface area contributed by atoms with Crippen LogP contribution in [0.25, 0.3) is 10.8 Å². The number of nitrogens with one attached hydrogen (secondary N) is 2. The number of benzene rings is 2. The van der Waals surface area contributed by atoms with Crippen molar-refractivity contribution in [1.29, 1.82) is 0 Å². The van der Waals surface area contributed by atoms with Gasteiger partial charge in [-0.2, -0.15) is 4.98 Å². The number of rotatable bonds is 4. The lowest BCUT2D eigenvalue weighted by atomic mass is 10.0. The number of halogens is 1. The zero-order chi connectivity index (χ0) is 14.7. The normalized spacial score (nSPS) is 10.6. The quantitative estimate of drug-likeness (QED) is 0.770. The third-order valence-corrected chi connectivity index (χ3v) is 3.29. The van der Waals surface area contributed by atoms with Crippen molar-refractivity contribution < 1.29 is 4.39 Å². The Labute approximate surface area is 122 Å². The molecule has 1 aromatic heterocycles. The number of hydrogen-bond acceptors (Lipinski definition) is 4. The number of hydrogen-bond donors (Lipinski definition) is 2. The van der Waals surface area contributed by atoms with Crippen LogP contribution in [0.4, 0.5) is 16.2 Å². The van der Waals surface area contributed by atoms with Crippen LogP contribution in [0.15, 0.2) is 48.7 Å². The molecule has 106 valence electrons. The molecule has 0 aliphatic rings. The number of nitrogens with zero attached hydrogens (tertiary/aromatic N) is 2. The van der Waals surface area contributed by atoms with Gasteiger partial charge in [0.2, 0.25) is 5.95 Å². The van der Waals surface area contributed by atoms with Gasteiger partial charge >= 0.3 is 0 Å². The van der Waals surface area contributed by atoms with Crippen molar-refractivity contribution in [2.45, 2.75) is 6.54 Å². The third kappa shape index (κ3) is 2.76. The van der Waals surface area contributed by atoms with Crippen molar-refractivity contribution in [3.05, 3.63) is 60.0 Å². The number of fused-ring (bicyclic) bond motifs is 1. The van der Waals surface area contributed by atoms with E-state index in [1.807, 2.05) is 24.3 Å². The summed E-state index contributed by atoms with van der Waals surface area (Å²) in [5.74, 6) is 0.119. The van der Waals surface area contributed by atoms with E-state index in [1.165, 1.54) is 0 Å². The maximum absolute atomic E-state index is 13.7. The van der Waals surface area contributed by atoms with E-state index in [1.54, 1.807) is 7.05 Å². The summed E-state index contributed by atoms with van der Waals surface area (Å²) in [4.78, 5) is 7.90. The van der Waals surface area contributed by atoms with Crippen molar-refractivity contribution in [1.82, 2.24) is 9.97 Å². The summed E-state index contributed by atoms with van der Waals surface area (Å²) in [6.07, 6.45) is 1.16. The van der Waals surface area contributed by atoms with Gasteiger partial charge in [0.25, 0.3) is 0 Å². The molecular weight excluding hydrogens is 267 g/mol. The first-order valence-electron chi connectivity index (χ1n) is 6.69. The van der Waals surface area contributed by atoms with Crippen LogP contribution in [0.1, 0.15) is 5.56 Å². The molecule has 0 saturated carbocycles. The van der Waals surface area contributed by atoms with Crippen molar-refractivity contribution in [3.8, 4) is 0 Å². The molecule has 0 bridgehead atoms. The van der Waals surface area contributed by atoms with E-state index in [-0.39, 0.29) is 5.82 Å². The number of anilines is 2. The Morgan fingerprint density at radius 1 is 1.10 bits per heavy atom. The van der Waals surface area contributed by atoms with Crippen LogP contribution in [0, 0.1) is 5.82 Å². The lowest BCUT2D eigenvalue weighted by Gasteiger charge is -2.10. The molecule has 0 aliphatic carbocycles. The van der Waals surface area contributed by atoms with E-state index in [0.29, 0.717) is 12.5 Å². The zero-order valence-corrected chi connectivity index (χ0v) is 11.6. The van der Waals surface area contributed by atoms with Crippen LogP contribution < -0.4 is 10.6 Å². The van der Waals surface area contributed by atoms with Crippen molar-refractivity contribution in [2.24, 2.45) is 0 Å². The van der Waals surface area contributed by atoms with Gasteiger partial charge in [0.05, 0.1) is 6.20 Å². The van der Waals surface area contributed by atoms with Gasteiger partial charge in [0.1, 0.15) is 0 Å². The van der Waals surface area contributed by atoms with Crippen molar-refractivity contribution in [2.75, 3.05) is 17.7 Å². The van der Waals surface area contributed by atoms with Gasteiger partial charge in [-0.3, -0.25) is 0 Å². The highest BCUT2D eigenvalue weighted by atomic mass is 19.1. The molecule has 0 saturated heterocycles. The molecule has 4 nitrogen and oxygen atoms in total. The summed E-state index contributed by atoms with van der Waals surface area (Å²) < 4.78 is 13.7. The molecule has 5 heteroatoms. The first kappa shape index (κ1) is 13.3. The second kappa shape index (κ2) is 5.75. The molecule has 3 aromatic rings. The molecule has 0 spiro atoms. The maximum Gasteiger partial charge on any atom is 0.224 e. The standard InChI is InChI=1S/C16H15FN4/c1-18-16-20-10-14(17)15(21-16)19-9-12-7-4-6-11-5-2-3-8-13(11)12/h2-8,10H,9H2,1H3,(H2,18,19,20,21). The van der Waals surface area contributed by atoms with Gasteiger partial charge in [-0.1, -0.05) is 42.5 Å². The lowest BCUT2D eigenvalue weighted by Crippen LogP contribution is -2.07. The second-order valence-corrected chi connectivity index (χ2v) is 4.63. The van der Waals surface area contributed by atoms with Gasteiger partial charge in [0.15, 0.2) is 11.6 Å². The van der Waals surface area contributed by atoms with Crippen LogP contribution in [0.3, 0.4) is 0 Å². The SMILES string of the molecule is CNc1ncc(F)c(NCc2cccc3ccccc23)n1. The van der Waals surface area contributed by atoms with Gasteiger partial charge in [0, 0.05) is 13.6 Å². The average Bonchev–Trinajstić information content (AvgIpc) is 2.54. The Hall–Kier alpha value is -2.69. The minimum Gasteiger partial charge on any atom is -0.363 e. The maximum atomic E-state index is 13.7. The molecule has 2 N–H and O–H groups in total. The molecule has 1 heterocycles. The Morgan fingerprint density at radius 2 is 1.90 bits per heavy atom. The fourth-order valence-electron chi connectivity index (χ4n) is 2.24. The lowest BCUT2D eigenvalue weighted by molar-refractivity contribution is 0.617. The minimum absolute atomic E-state index is 0.197. The molecule has 0 atom stereocenters. The fraction of sp³-hybridized carbons (Fsp3) is 0.125. The average molecular weight is 282 g/mol. The zero-order valence-electron chi connectivity index (χ0n) is 11.6. The fourth-order valence-corrected chi connectivity index (χ4v) is 2.24. The highest BCUT2D eigenvalue weighted by Gasteiger charge is 2.07. The predicted octanol–water partition coefficient (Wildman–Crippen LogP) is 3.42. The molecule has 0 unspecified atom stereocenters. The summed E-state index contributed by atoms with van der Waals surface area (Å²) in [5, 5.41) is 8.14. The summed E-state index contributed by atoms with van der Waals surface area (Å²) in [5.41, 5.74) is 1.09. The van der Waals surface area contributed by atoms with Crippen LogP contribution in [0.2, 0.25) is 0 Å². The van der Waals surface area contributed by atoms with Gasteiger partial charge in [-0.05, 0) is 16.3 Å². The Kier molecular flexibility index (Phi) is 3.64. The van der Waals surface area contributed by atoms with Crippen LogP contribution in [-0.2, 0) is 6.54 Å².